The lowest BCUT2D eigenvalue weighted by Gasteiger charge is -2.14. The van der Waals surface area contributed by atoms with Crippen molar-refractivity contribution in [3.05, 3.63) is 16.1 Å². The van der Waals surface area contributed by atoms with E-state index < -0.39 is 0 Å². The Kier molecular flexibility index (Phi) is 5.22. The first kappa shape index (κ1) is 12.6. The van der Waals surface area contributed by atoms with E-state index in [9.17, 15) is 0 Å². The number of nitrogens with two attached hydrogens (primary N) is 1. The van der Waals surface area contributed by atoms with Crippen molar-refractivity contribution < 1.29 is 0 Å². The van der Waals surface area contributed by atoms with Crippen molar-refractivity contribution in [1.29, 1.82) is 0 Å². The summed E-state index contributed by atoms with van der Waals surface area (Å²) in [6, 6.07) is 0.337. The third kappa shape index (κ3) is 3.89. The predicted molar refractivity (Wildman–Crippen MR) is 66.1 cm³/mol. The molecule has 0 amide bonds. The molecular weight excluding hydrogens is 206 g/mol. The third-order valence-corrected chi connectivity index (χ3v) is 3.79. The number of nitrogens with zero attached hydrogens (tertiary/aromatic N) is 1. The van der Waals surface area contributed by atoms with E-state index in [2.05, 4.69) is 31.1 Å². The molecule has 0 aliphatic carbocycles. The van der Waals surface area contributed by atoms with E-state index in [1.807, 2.05) is 6.20 Å². The Morgan fingerprint density at radius 2 is 2.27 bits per heavy atom. The second kappa shape index (κ2) is 6.20. The molecule has 2 unspecified atom stereocenters. The van der Waals surface area contributed by atoms with E-state index >= 15 is 0 Å². The van der Waals surface area contributed by atoms with E-state index in [1.165, 1.54) is 9.88 Å². The van der Waals surface area contributed by atoms with E-state index in [0.29, 0.717) is 12.0 Å². The van der Waals surface area contributed by atoms with Crippen molar-refractivity contribution in [2.24, 2.45) is 11.7 Å². The number of aryl methyl sites for hydroxylation is 1. The van der Waals surface area contributed by atoms with Crippen molar-refractivity contribution in [3.63, 3.8) is 0 Å². The molecule has 15 heavy (non-hydrogen) atoms. The molecule has 1 rings (SSSR count). The smallest absolute Gasteiger partial charge is 0.109 e. The summed E-state index contributed by atoms with van der Waals surface area (Å²) in [4.78, 5) is 5.77. The molecule has 1 aromatic heterocycles. The largest absolute Gasteiger partial charge is 0.330 e. The van der Waals surface area contributed by atoms with Crippen molar-refractivity contribution in [3.8, 4) is 0 Å². The number of hydrogen-bond acceptors (Lipinski definition) is 4. The van der Waals surface area contributed by atoms with Gasteiger partial charge in [0.25, 0.3) is 0 Å². The highest BCUT2D eigenvalue weighted by Crippen LogP contribution is 2.20. The van der Waals surface area contributed by atoms with Gasteiger partial charge in [-0.2, -0.15) is 0 Å². The van der Waals surface area contributed by atoms with Crippen LogP contribution in [0.15, 0.2) is 6.20 Å². The maximum atomic E-state index is 5.57. The lowest BCUT2D eigenvalue weighted by molar-refractivity contribution is 0.476. The zero-order valence-electron chi connectivity index (χ0n) is 9.79. The fraction of sp³-hybridized carbons (Fsp3) is 0.727. The van der Waals surface area contributed by atoms with Crippen LogP contribution < -0.4 is 11.1 Å². The monoisotopic (exact) mass is 227 g/mol. The molecule has 0 saturated carbocycles. The molecule has 86 valence electrons. The molecule has 0 radical (unpaired) electrons. The summed E-state index contributed by atoms with van der Waals surface area (Å²) >= 11 is 1.80. The SMILES string of the molecule is CCc1cnc(C(C)NCC(C)CN)s1. The first-order valence-corrected chi connectivity index (χ1v) is 6.37. The van der Waals surface area contributed by atoms with Crippen LogP contribution in [0, 0.1) is 5.92 Å². The van der Waals surface area contributed by atoms with E-state index in [1.54, 1.807) is 11.3 Å². The number of rotatable bonds is 6. The van der Waals surface area contributed by atoms with Gasteiger partial charge in [0.1, 0.15) is 5.01 Å². The highest BCUT2D eigenvalue weighted by molar-refractivity contribution is 7.11. The number of hydrogen-bond donors (Lipinski definition) is 2. The van der Waals surface area contributed by atoms with Crippen molar-refractivity contribution in [1.82, 2.24) is 10.3 Å². The molecule has 3 nitrogen and oxygen atoms in total. The van der Waals surface area contributed by atoms with Gasteiger partial charge in [0.05, 0.1) is 6.04 Å². The van der Waals surface area contributed by atoms with Gasteiger partial charge in [-0.15, -0.1) is 11.3 Å². The zero-order chi connectivity index (χ0) is 11.3. The molecular formula is C11H21N3S. The van der Waals surface area contributed by atoms with Crippen molar-refractivity contribution >= 4 is 11.3 Å². The van der Waals surface area contributed by atoms with Crippen LogP contribution in [0.3, 0.4) is 0 Å². The van der Waals surface area contributed by atoms with Crippen LogP contribution in [0.25, 0.3) is 0 Å². The highest BCUT2D eigenvalue weighted by Gasteiger charge is 2.10. The minimum Gasteiger partial charge on any atom is -0.330 e. The van der Waals surface area contributed by atoms with E-state index in [0.717, 1.165) is 19.5 Å². The van der Waals surface area contributed by atoms with Crippen LogP contribution in [0.4, 0.5) is 0 Å². The number of thiazole rings is 1. The topological polar surface area (TPSA) is 50.9 Å². The van der Waals surface area contributed by atoms with E-state index in [-0.39, 0.29) is 0 Å². The fourth-order valence-corrected chi connectivity index (χ4v) is 2.12. The lowest BCUT2D eigenvalue weighted by Crippen LogP contribution is -2.28. The summed E-state index contributed by atoms with van der Waals surface area (Å²) in [5.74, 6) is 0.526. The molecule has 0 aliphatic heterocycles. The Morgan fingerprint density at radius 1 is 1.53 bits per heavy atom. The molecule has 1 heterocycles. The molecule has 0 aliphatic rings. The second-order valence-corrected chi connectivity index (χ2v) is 5.14. The minimum absolute atomic E-state index is 0.337. The van der Waals surface area contributed by atoms with Gasteiger partial charge in [0.15, 0.2) is 0 Å². The Morgan fingerprint density at radius 3 is 2.80 bits per heavy atom. The molecule has 4 heteroatoms. The van der Waals surface area contributed by atoms with Gasteiger partial charge in [-0.3, -0.25) is 0 Å². The molecule has 0 spiro atoms. The van der Waals surface area contributed by atoms with Crippen LogP contribution in [0.5, 0.6) is 0 Å². The Bertz CT molecular complexity index is 285. The average Bonchev–Trinajstić information content (AvgIpc) is 2.73. The Hall–Kier alpha value is -0.450. The van der Waals surface area contributed by atoms with Gasteiger partial charge in [-0.05, 0) is 32.4 Å². The minimum atomic E-state index is 0.337. The maximum Gasteiger partial charge on any atom is 0.109 e. The molecule has 0 fully saturated rings. The van der Waals surface area contributed by atoms with E-state index in [4.69, 9.17) is 5.73 Å². The average molecular weight is 227 g/mol. The molecule has 0 saturated heterocycles. The third-order valence-electron chi connectivity index (χ3n) is 2.47. The molecule has 0 aromatic carbocycles. The molecule has 0 bridgehead atoms. The fourth-order valence-electron chi connectivity index (χ4n) is 1.23. The summed E-state index contributed by atoms with van der Waals surface area (Å²) in [5.41, 5.74) is 5.57. The van der Waals surface area contributed by atoms with Crippen LogP contribution >= 0.6 is 11.3 Å². The van der Waals surface area contributed by atoms with Crippen LogP contribution in [-0.4, -0.2) is 18.1 Å². The van der Waals surface area contributed by atoms with Gasteiger partial charge in [0.2, 0.25) is 0 Å². The zero-order valence-corrected chi connectivity index (χ0v) is 10.6. The van der Waals surface area contributed by atoms with Gasteiger partial charge < -0.3 is 11.1 Å². The highest BCUT2D eigenvalue weighted by atomic mass is 32.1. The molecule has 3 N–H and O–H groups in total. The number of nitrogens with one attached hydrogen (secondary N) is 1. The lowest BCUT2D eigenvalue weighted by atomic mass is 10.2. The quantitative estimate of drug-likeness (QED) is 0.781. The van der Waals surface area contributed by atoms with Crippen molar-refractivity contribution in [2.75, 3.05) is 13.1 Å². The summed E-state index contributed by atoms with van der Waals surface area (Å²) in [5, 5.41) is 4.63. The molecule has 2 atom stereocenters. The Balaban J connectivity index is 2.42. The summed E-state index contributed by atoms with van der Waals surface area (Å²) < 4.78 is 0. The van der Waals surface area contributed by atoms with Crippen LogP contribution in [-0.2, 0) is 6.42 Å². The predicted octanol–water partition coefficient (Wildman–Crippen LogP) is 1.95. The summed E-state index contributed by atoms with van der Waals surface area (Å²) in [6.07, 6.45) is 3.05. The maximum absolute atomic E-state index is 5.57. The summed E-state index contributed by atoms with van der Waals surface area (Å²) in [7, 11) is 0. The van der Waals surface area contributed by atoms with Crippen LogP contribution in [0.1, 0.15) is 36.7 Å². The first-order chi connectivity index (χ1) is 7.17. The first-order valence-electron chi connectivity index (χ1n) is 5.55. The molecule has 1 aromatic rings. The van der Waals surface area contributed by atoms with Crippen molar-refractivity contribution in [2.45, 2.75) is 33.2 Å². The van der Waals surface area contributed by atoms with Gasteiger partial charge in [-0.25, -0.2) is 4.98 Å². The number of aromatic nitrogens is 1. The Labute approximate surface area is 96.1 Å². The van der Waals surface area contributed by atoms with Gasteiger partial charge in [-0.1, -0.05) is 13.8 Å². The van der Waals surface area contributed by atoms with Crippen LogP contribution in [0.2, 0.25) is 0 Å². The normalized spacial score (nSPS) is 15.2. The van der Waals surface area contributed by atoms with Gasteiger partial charge in [0, 0.05) is 11.1 Å². The standard InChI is InChI=1S/C11H21N3S/c1-4-10-7-14-11(15-10)9(3)13-6-8(2)5-12/h7-9,13H,4-6,12H2,1-3H3. The second-order valence-electron chi connectivity index (χ2n) is 3.99. The summed E-state index contributed by atoms with van der Waals surface area (Å²) in [6.45, 7) is 8.16. The van der Waals surface area contributed by atoms with Gasteiger partial charge >= 0.3 is 0 Å².